The predicted octanol–water partition coefficient (Wildman–Crippen LogP) is 3.37. The van der Waals surface area contributed by atoms with E-state index in [9.17, 15) is 70.6 Å². The first kappa shape index (κ1) is 68.0. The van der Waals surface area contributed by atoms with Crippen molar-refractivity contribution in [3.63, 3.8) is 0 Å². The number of hydrogen-bond acceptors (Lipinski definition) is 17. The quantitative estimate of drug-likeness (QED) is 0.0333. The highest BCUT2D eigenvalue weighted by molar-refractivity contribution is 5.90. The lowest BCUT2D eigenvalue weighted by Crippen LogP contribution is -2.60. The molecule has 0 aliphatic carbocycles. The zero-order valence-corrected chi connectivity index (χ0v) is 46.1. The number of aliphatic hydroxyl groups is 10. The Kier molecular flexibility index (Phi) is 31.1. The predicted molar refractivity (Wildman–Crippen MR) is 287 cm³/mol. The highest BCUT2D eigenvalue weighted by atomic mass is 16.7. The summed E-state index contributed by atoms with van der Waals surface area (Å²) in [4.78, 5) is 41.4. The van der Waals surface area contributed by atoms with Crippen LogP contribution in [0.15, 0.2) is 64.7 Å². The Labute approximate surface area is 450 Å². The molecular weight excluding hydrogens is 987 g/mol. The van der Waals surface area contributed by atoms with E-state index in [0.717, 1.165) is 32.1 Å². The Bertz CT molecular complexity index is 1930. The van der Waals surface area contributed by atoms with Crippen LogP contribution >= 0.6 is 0 Å². The lowest BCUT2D eigenvalue weighted by molar-refractivity contribution is -0.333. The molecule has 0 aromatic carbocycles. The normalized spacial score (nSPS) is 38.0. The van der Waals surface area contributed by atoms with Crippen LogP contribution in [0.5, 0.6) is 0 Å². The smallest absolute Gasteiger partial charge is 0.334 e. The summed E-state index contributed by atoms with van der Waals surface area (Å²) >= 11 is 0. The van der Waals surface area contributed by atoms with Crippen LogP contribution in [0, 0.1) is 29.6 Å². The molecule has 436 valence electrons. The van der Waals surface area contributed by atoms with Gasteiger partial charge in [0.05, 0.1) is 54.9 Å². The summed E-state index contributed by atoms with van der Waals surface area (Å²) in [5, 5.41) is 123. The topological polar surface area (TPSA) is 352 Å². The van der Waals surface area contributed by atoms with Gasteiger partial charge in [-0.05, 0) is 82.6 Å². The fourth-order valence-corrected chi connectivity index (χ4v) is 9.44. The highest BCUT2D eigenvalue weighted by Gasteiger charge is 2.50. The first-order valence-electron chi connectivity index (χ1n) is 27.1. The highest BCUT2D eigenvalue weighted by Crippen LogP contribution is 2.36. The molecule has 20 heteroatoms. The molecule has 18 atom stereocenters. The van der Waals surface area contributed by atoms with E-state index in [1.165, 1.54) is 0 Å². The average Bonchev–Trinajstić information content (AvgIpc) is 3.34. The summed E-state index contributed by atoms with van der Waals surface area (Å²) in [6.45, 7) is 13.0. The number of aliphatic imine (C=N–C) groups is 1. The monoisotopic (exact) mass is 1080 g/mol. The minimum atomic E-state index is -2.52. The first-order chi connectivity index (χ1) is 35.7. The Balaban J connectivity index is 2.43. The van der Waals surface area contributed by atoms with Crippen molar-refractivity contribution >= 4 is 23.9 Å². The number of guanidine groups is 1. The number of carboxylic acid groups (broad SMARTS) is 1. The summed E-state index contributed by atoms with van der Waals surface area (Å²) in [6.07, 6.45) is 1.04. The molecule has 0 saturated carbocycles. The van der Waals surface area contributed by atoms with Gasteiger partial charge in [0, 0.05) is 75.4 Å². The van der Waals surface area contributed by atoms with E-state index < -0.39 is 128 Å². The number of carboxylic acids is 1. The average molecular weight is 1080 g/mol. The molecule has 0 aromatic heterocycles. The zero-order valence-electron chi connectivity index (χ0n) is 46.1. The third-order valence-corrected chi connectivity index (χ3v) is 14.8. The lowest BCUT2D eigenvalue weighted by Gasteiger charge is -2.45. The largest absolute Gasteiger partial charge is 0.481 e. The van der Waals surface area contributed by atoms with Crippen LogP contribution in [0.4, 0.5) is 0 Å². The second-order valence-corrected chi connectivity index (χ2v) is 21.6. The molecular formula is C56H95N3O17. The van der Waals surface area contributed by atoms with Crippen molar-refractivity contribution < 1.29 is 84.8 Å². The van der Waals surface area contributed by atoms with Gasteiger partial charge < -0.3 is 81.4 Å². The molecule has 1 saturated heterocycles. The summed E-state index contributed by atoms with van der Waals surface area (Å²) in [7, 11) is 1.62. The maximum Gasteiger partial charge on any atom is 0.334 e. The van der Waals surface area contributed by atoms with Crippen LogP contribution in [0.1, 0.15) is 145 Å². The number of fused-ring (bicyclic) bond motifs is 2. The Morgan fingerprint density at radius 3 is 2.11 bits per heavy atom. The van der Waals surface area contributed by atoms with Gasteiger partial charge in [-0.1, -0.05) is 83.2 Å². The number of unbranched alkanes of at least 4 members (excludes halogenated alkanes) is 2. The second kappa shape index (κ2) is 34.7. The van der Waals surface area contributed by atoms with Gasteiger partial charge in [-0.15, -0.1) is 0 Å². The van der Waals surface area contributed by atoms with Crippen molar-refractivity contribution in [1.29, 1.82) is 0 Å². The van der Waals surface area contributed by atoms with Crippen LogP contribution in [-0.4, -0.2) is 173 Å². The molecule has 1 fully saturated rings. The van der Waals surface area contributed by atoms with E-state index in [4.69, 9.17) is 19.9 Å². The number of hydrogen-bond donors (Lipinski definition) is 13. The van der Waals surface area contributed by atoms with Gasteiger partial charge in [-0.25, -0.2) is 4.79 Å². The van der Waals surface area contributed by atoms with Gasteiger partial charge in [0.15, 0.2) is 11.7 Å². The molecule has 2 aliphatic heterocycles. The van der Waals surface area contributed by atoms with Crippen LogP contribution in [0.2, 0.25) is 0 Å². The van der Waals surface area contributed by atoms with Crippen molar-refractivity contribution in [2.75, 3.05) is 13.6 Å². The van der Waals surface area contributed by atoms with Crippen molar-refractivity contribution in [2.24, 2.45) is 40.3 Å². The van der Waals surface area contributed by atoms with Gasteiger partial charge in [0.25, 0.3) is 0 Å². The van der Waals surface area contributed by atoms with Crippen LogP contribution in [-0.2, 0) is 28.6 Å². The number of ether oxygens (including phenoxy) is 3. The van der Waals surface area contributed by atoms with Gasteiger partial charge >= 0.3 is 17.9 Å². The van der Waals surface area contributed by atoms with Crippen molar-refractivity contribution in [2.45, 2.75) is 224 Å². The number of rotatable bonds is 12. The summed E-state index contributed by atoms with van der Waals surface area (Å²) in [6, 6.07) is 0. The number of nitrogens with two attached hydrogens (primary N) is 1. The number of aliphatic hydroxyl groups excluding tert-OH is 9. The number of nitrogens with one attached hydrogen (secondary N) is 1. The molecule has 20 nitrogen and oxygen atoms in total. The number of carbonyl (C=O) groups excluding carboxylic acids is 2. The molecule has 2 rings (SSSR count). The fraction of sp³-hybridized carbons (Fsp3) is 0.750. The molecule has 14 N–H and O–H groups in total. The van der Waals surface area contributed by atoms with Crippen LogP contribution in [0.3, 0.4) is 0 Å². The van der Waals surface area contributed by atoms with Gasteiger partial charge in [0.2, 0.25) is 0 Å². The van der Waals surface area contributed by atoms with E-state index in [0.29, 0.717) is 23.7 Å². The SMILES string of the molecule is CN=C(N)NCCC/C=C/CCCC(C)C1OC(=O)/C(C)=C\C=C/C(C)C(O)CC(O)C(C)C(O)CCC(C)C(O)CC2(O)OC(CC(OC(=O)CC(=O)O)CC(O)CC(O)CC(O)/C(C)=C\C=C/C1C)CC(O)C2O. The van der Waals surface area contributed by atoms with Crippen molar-refractivity contribution in [1.82, 2.24) is 5.32 Å². The number of carbonyl (C=O) groups is 3. The molecule has 2 bridgehead atoms. The molecule has 0 amide bonds. The number of allylic oxidation sites excluding steroid dienone is 6. The lowest BCUT2D eigenvalue weighted by atomic mass is 9.84. The van der Waals surface area contributed by atoms with E-state index in [1.807, 2.05) is 19.9 Å². The molecule has 0 aromatic rings. The van der Waals surface area contributed by atoms with Crippen LogP contribution < -0.4 is 11.1 Å². The Hall–Kier alpha value is -4.06. The van der Waals surface area contributed by atoms with Crippen LogP contribution in [0.25, 0.3) is 0 Å². The van der Waals surface area contributed by atoms with Crippen molar-refractivity contribution in [3.8, 4) is 0 Å². The van der Waals surface area contributed by atoms with Gasteiger partial charge in [0.1, 0.15) is 24.7 Å². The van der Waals surface area contributed by atoms with Crippen molar-refractivity contribution in [3.05, 3.63) is 59.8 Å². The van der Waals surface area contributed by atoms with Gasteiger partial charge in [-0.3, -0.25) is 14.6 Å². The number of esters is 2. The minimum Gasteiger partial charge on any atom is -0.481 e. The summed E-state index contributed by atoms with van der Waals surface area (Å²) < 4.78 is 17.5. The van der Waals surface area contributed by atoms with E-state index in [1.54, 1.807) is 72.0 Å². The summed E-state index contributed by atoms with van der Waals surface area (Å²) in [5.74, 6) is -7.41. The molecule has 76 heavy (non-hydrogen) atoms. The molecule has 2 aliphatic rings. The second-order valence-electron chi connectivity index (χ2n) is 21.6. The standard InChI is InChI=1S/C56H95N3O17/c1-33-18-15-20-37(5)52(36(4)17-13-11-9-10-12-14-24-59-55(57)58-8)75-54(72)38(6)21-16-19-34(2)46(64)30-47(65)39(7)44(62)23-22-35(3)49(67)32-56(73)53(71)48(66)29-43(76-56)28-42(74-51(70)31-50(68)69)26-40(60)25-41(61)27-45(33)63/h9-10,15-16,18-21,34-37,39-49,52-53,60-67,71,73H,11-14,17,22-32H2,1-8H3,(H,68,69)(H3,57,58,59)/b10-9+,19-16-,20-15-,33-18-,38-21-. The summed E-state index contributed by atoms with van der Waals surface area (Å²) in [5.41, 5.74) is 6.49. The third kappa shape index (κ3) is 25.2. The minimum absolute atomic E-state index is 0.0643. The maximum absolute atomic E-state index is 13.6. The Morgan fingerprint density at radius 2 is 1.45 bits per heavy atom. The first-order valence-corrected chi connectivity index (χ1v) is 27.1. The fourth-order valence-electron chi connectivity index (χ4n) is 9.44. The zero-order chi connectivity index (χ0) is 57.3. The maximum atomic E-state index is 13.6. The van der Waals surface area contributed by atoms with E-state index >= 15 is 0 Å². The Morgan fingerprint density at radius 1 is 0.816 bits per heavy atom. The third-order valence-electron chi connectivity index (χ3n) is 14.8. The number of nitrogens with zero attached hydrogens (tertiary/aromatic N) is 1. The van der Waals surface area contributed by atoms with Gasteiger partial charge in [-0.2, -0.15) is 0 Å². The molecule has 2 heterocycles. The molecule has 0 spiro atoms. The number of aliphatic carboxylic acids is 1. The number of cyclic esters (lactones) is 1. The molecule has 0 radical (unpaired) electrons. The van der Waals surface area contributed by atoms with E-state index in [-0.39, 0.29) is 63.2 Å². The molecule has 18 unspecified atom stereocenters. The van der Waals surface area contributed by atoms with E-state index in [2.05, 4.69) is 22.5 Å².